The van der Waals surface area contributed by atoms with Crippen molar-refractivity contribution in [3.63, 3.8) is 0 Å². The Morgan fingerprint density at radius 1 is 1.38 bits per heavy atom. The summed E-state index contributed by atoms with van der Waals surface area (Å²) in [5.74, 6) is -0.257. The number of benzene rings is 1. The van der Waals surface area contributed by atoms with Crippen LogP contribution in [0.4, 0.5) is 4.39 Å². The van der Waals surface area contributed by atoms with E-state index in [9.17, 15) is 9.50 Å². The molecule has 0 saturated carbocycles. The van der Waals surface area contributed by atoms with Crippen molar-refractivity contribution in [1.82, 2.24) is 0 Å². The largest absolute Gasteiger partial charge is 0.393 e. The monoisotopic (exact) mass is 226 g/mol. The van der Waals surface area contributed by atoms with Crippen molar-refractivity contribution < 1.29 is 14.2 Å². The molecule has 0 radical (unpaired) electrons. The van der Waals surface area contributed by atoms with Crippen molar-refractivity contribution in [2.75, 3.05) is 13.2 Å². The molecule has 3 heteroatoms. The number of aliphatic hydroxyl groups excluding tert-OH is 1. The molecule has 0 saturated heterocycles. The highest BCUT2D eigenvalue weighted by Crippen LogP contribution is 2.08. The molecule has 0 aliphatic rings. The highest BCUT2D eigenvalue weighted by molar-refractivity contribution is 5.16. The molecule has 0 aromatic heterocycles. The smallest absolute Gasteiger partial charge is 0.123 e. The first-order valence-corrected chi connectivity index (χ1v) is 5.72. The zero-order valence-electron chi connectivity index (χ0n) is 9.66. The van der Waals surface area contributed by atoms with E-state index in [4.69, 9.17) is 4.74 Å². The summed E-state index contributed by atoms with van der Waals surface area (Å²) in [6.07, 6.45) is 1.60. The molecule has 0 fully saturated rings. The Kier molecular flexibility index (Phi) is 6.04. The molecule has 1 rings (SSSR count). The van der Waals surface area contributed by atoms with Gasteiger partial charge in [0.1, 0.15) is 5.82 Å². The van der Waals surface area contributed by atoms with Crippen LogP contribution < -0.4 is 0 Å². The lowest BCUT2D eigenvalue weighted by atomic mass is 10.1. The van der Waals surface area contributed by atoms with Crippen LogP contribution in [0.1, 0.15) is 25.3 Å². The summed E-state index contributed by atoms with van der Waals surface area (Å²) in [6.45, 7) is 3.33. The summed E-state index contributed by atoms with van der Waals surface area (Å²) >= 11 is 0. The molecule has 1 atom stereocenters. The van der Waals surface area contributed by atoms with Crippen LogP contribution in [0, 0.1) is 5.82 Å². The van der Waals surface area contributed by atoms with Crippen molar-refractivity contribution in [2.45, 2.75) is 32.3 Å². The number of hydrogen-bond donors (Lipinski definition) is 1. The van der Waals surface area contributed by atoms with E-state index in [-0.39, 0.29) is 5.82 Å². The average Bonchev–Trinajstić information content (AvgIpc) is 2.24. The van der Waals surface area contributed by atoms with E-state index in [1.807, 2.05) is 13.0 Å². The Morgan fingerprint density at radius 2 is 2.19 bits per heavy atom. The van der Waals surface area contributed by atoms with Crippen LogP contribution in [0.5, 0.6) is 0 Å². The lowest BCUT2D eigenvalue weighted by Crippen LogP contribution is -2.14. The zero-order chi connectivity index (χ0) is 11.8. The van der Waals surface area contributed by atoms with E-state index in [1.54, 1.807) is 6.07 Å². The molecule has 0 bridgehead atoms. The van der Waals surface area contributed by atoms with Gasteiger partial charge in [-0.3, -0.25) is 0 Å². The topological polar surface area (TPSA) is 29.5 Å². The molecule has 1 unspecified atom stereocenters. The highest BCUT2D eigenvalue weighted by atomic mass is 19.1. The first-order chi connectivity index (χ1) is 7.72. The van der Waals surface area contributed by atoms with Gasteiger partial charge in [0.2, 0.25) is 0 Å². The Balaban J connectivity index is 2.25. The third-order valence-corrected chi connectivity index (χ3v) is 2.30. The first-order valence-electron chi connectivity index (χ1n) is 5.72. The average molecular weight is 226 g/mol. The maximum atomic E-state index is 12.9. The second kappa shape index (κ2) is 7.36. The summed E-state index contributed by atoms with van der Waals surface area (Å²) in [4.78, 5) is 0. The Bertz CT molecular complexity index is 302. The van der Waals surface area contributed by atoms with E-state index in [2.05, 4.69) is 0 Å². The minimum absolute atomic E-state index is 0.257. The lowest BCUT2D eigenvalue weighted by molar-refractivity contribution is 0.0824. The molecule has 1 aromatic carbocycles. The summed E-state index contributed by atoms with van der Waals surface area (Å²) in [5, 5.41) is 9.69. The lowest BCUT2D eigenvalue weighted by Gasteiger charge is -2.10. The molecule has 0 amide bonds. The molecule has 0 aliphatic heterocycles. The number of ether oxygens (including phenoxy) is 1. The first kappa shape index (κ1) is 13.1. The van der Waals surface area contributed by atoms with Gasteiger partial charge in [-0.1, -0.05) is 19.1 Å². The van der Waals surface area contributed by atoms with Gasteiger partial charge in [0.05, 0.1) is 6.10 Å². The predicted molar refractivity (Wildman–Crippen MR) is 61.8 cm³/mol. The summed E-state index contributed by atoms with van der Waals surface area (Å²) in [6, 6.07) is 6.33. The maximum absolute atomic E-state index is 12.9. The van der Waals surface area contributed by atoms with E-state index in [1.165, 1.54) is 12.1 Å². The number of hydrogen-bond acceptors (Lipinski definition) is 2. The van der Waals surface area contributed by atoms with E-state index in [0.29, 0.717) is 19.4 Å². The normalized spacial score (nSPS) is 12.7. The second-order valence-electron chi connectivity index (χ2n) is 3.89. The molecular formula is C13H19FO2. The molecule has 1 aromatic rings. The minimum Gasteiger partial charge on any atom is -0.393 e. The molecule has 0 heterocycles. The molecular weight excluding hydrogens is 207 g/mol. The Morgan fingerprint density at radius 3 is 2.88 bits per heavy atom. The number of rotatable bonds is 7. The molecule has 2 nitrogen and oxygen atoms in total. The van der Waals surface area contributed by atoms with Crippen LogP contribution >= 0.6 is 0 Å². The van der Waals surface area contributed by atoms with Crippen LogP contribution in [0.15, 0.2) is 24.3 Å². The summed E-state index contributed by atoms with van der Waals surface area (Å²) in [5.41, 5.74) is 0.822. The Hall–Kier alpha value is -0.930. The standard InChI is InChI=1S/C13H19FO2/c1-2-7-16-8-6-13(15)10-11-4-3-5-12(14)9-11/h3-5,9,13,15H,2,6-8,10H2,1H3. The van der Waals surface area contributed by atoms with E-state index >= 15 is 0 Å². The zero-order valence-corrected chi connectivity index (χ0v) is 9.66. The van der Waals surface area contributed by atoms with Crippen molar-refractivity contribution in [1.29, 1.82) is 0 Å². The van der Waals surface area contributed by atoms with Gasteiger partial charge in [0.25, 0.3) is 0 Å². The van der Waals surface area contributed by atoms with Gasteiger partial charge in [-0.25, -0.2) is 4.39 Å². The second-order valence-corrected chi connectivity index (χ2v) is 3.89. The maximum Gasteiger partial charge on any atom is 0.123 e. The van der Waals surface area contributed by atoms with Gasteiger partial charge in [-0.05, 0) is 37.0 Å². The van der Waals surface area contributed by atoms with Crippen molar-refractivity contribution in [3.8, 4) is 0 Å². The van der Waals surface area contributed by atoms with Crippen molar-refractivity contribution >= 4 is 0 Å². The minimum atomic E-state index is -0.460. The van der Waals surface area contributed by atoms with Gasteiger partial charge in [-0.15, -0.1) is 0 Å². The van der Waals surface area contributed by atoms with E-state index < -0.39 is 6.10 Å². The fourth-order valence-corrected chi connectivity index (χ4v) is 1.50. The Labute approximate surface area is 96.1 Å². The molecule has 90 valence electrons. The van der Waals surface area contributed by atoms with Crippen molar-refractivity contribution in [2.24, 2.45) is 0 Å². The number of halogens is 1. The van der Waals surface area contributed by atoms with Gasteiger partial charge >= 0.3 is 0 Å². The molecule has 16 heavy (non-hydrogen) atoms. The van der Waals surface area contributed by atoms with Gasteiger partial charge < -0.3 is 9.84 Å². The van der Waals surface area contributed by atoms with Crippen molar-refractivity contribution in [3.05, 3.63) is 35.6 Å². The van der Waals surface area contributed by atoms with Crippen LogP contribution in [0.3, 0.4) is 0 Å². The summed E-state index contributed by atoms with van der Waals surface area (Å²) < 4.78 is 18.1. The fourth-order valence-electron chi connectivity index (χ4n) is 1.50. The quantitative estimate of drug-likeness (QED) is 0.724. The van der Waals surface area contributed by atoms with Gasteiger partial charge in [0.15, 0.2) is 0 Å². The molecule has 1 N–H and O–H groups in total. The van der Waals surface area contributed by atoms with Crippen LogP contribution in [0.2, 0.25) is 0 Å². The van der Waals surface area contributed by atoms with Crippen LogP contribution in [-0.4, -0.2) is 24.4 Å². The molecule has 0 aliphatic carbocycles. The molecule has 0 spiro atoms. The van der Waals surface area contributed by atoms with Crippen LogP contribution in [0.25, 0.3) is 0 Å². The van der Waals surface area contributed by atoms with Gasteiger partial charge in [0, 0.05) is 13.2 Å². The van der Waals surface area contributed by atoms with Crippen LogP contribution in [-0.2, 0) is 11.2 Å². The number of aliphatic hydroxyl groups is 1. The van der Waals surface area contributed by atoms with E-state index in [0.717, 1.165) is 18.6 Å². The third-order valence-electron chi connectivity index (χ3n) is 2.30. The van der Waals surface area contributed by atoms with Gasteiger partial charge in [-0.2, -0.15) is 0 Å². The fraction of sp³-hybridized carbons (Fsp3) is 0.538. The SMILES string of the molecule is CCCOCCC(O)Cc1cccc(F)c1. The highest BCUT2D eigenvalue weighted by Gasteiger charge is 2.06. The summed E-state index contributed by atoms with van der Waals surface area (Å²) in [7, 11) is 0. The predicted octanol–water partition coefficient (Wildman–Crippen LogP) is 2.55. The third kappa shape index (κ3) is 5.24.